The second kappa shape index (κ2) is 4.37. The summed E-state index contributed by atoms with van der Waals surface area (Å²) in [6.45, 7) is 0. The molecule has 0 atom stereocenters. The summed E-state index contributed by atoms with van der Waals surface area (Å²) in [6, 6.07) is 0. The Kier molecular flexibility index (Phi) is 3.20. The molecule has 0 aliphatic heterocycles. The number of rotatable bonds is 0. The highest BCUT2D eigenvalue weighted by atomic mass is 13.9. The van der Waals surface area contributed by atoms with Gasteiger partial charge in [-0.1, -0.05) is 24.3 Å². The Labute approximate surface area is 57.3 Å². The molecule has 0 fully saturated rings. The molecule has 0 saturated heterocycles. The third kappa shape index (κ3) is 3.12. The first-order valence-corrected chi connectivity index (χ1v) is 3.80. The van der Waals surface area contributed by atoms with E-state index in [0.717, 1.165) is 0 Å². The third-order valence-electron chi connectivity index (χ3n) is 1.57. The zero-order valence-electron chi connectivity index (χ0n) is 5.84. The highest BCUT2D eigenvalue weighted by Crippen LogP contribution is 2.04. The van der Waals surface area contributed by atoms with Gasteiger partial charge in [-0.25, -0.2) is 0 Å². The molecular weight excluding hydrogens is 108 g/mol. The largest absolute Gasteiger partial charge is 0.0885 e. The Morgan fingerprint density at radius 2 is 1.00 bits per heavy atom. The highest BCUT2D eigenvalue weighted by Gasteiger charge is 1.83. The van der Waals surface area contributed by atoms with Crippen LogP contribution in [-0.2, 0) is 0 Å². The summed E-state index contributed by atoms with van der Waals surface area (Å²) in [5, 5.41) is 0. The van der Waals surface area contributed by atoms with E-state index in [4.69, 9.17) is 0 Å². The summed E-state index contributed by atoms with van der Waals surface area (Å²) in [5.74, 6) is 0. The minimum atomic E-state index is 1.23. The average molecular weight is 122 g/mol. The minimum absolute atomic E-state index is 1.23. The van der Waals surface area contributed by atoms with Crippen LogP contribution in [0.15, 0.2) is 24.3 Å². The van der Waals surface area contributed by atoms with Crippen molar-refractivity contribution in [1.29, 1.82) is 0 Å². The Balaban J connectivity index is 2.28. The fraction of sp³-hybridized carbons (Fsp3) is 0.556. The van der Waals surface area contributed by atoms with Gasteiger partial charge in [0, 0.05) is 0 Å². The molecule has 0 saturated carbocycles. The second-order valence-corrected chi connectivity index (χ2v) is 2.45. The molecule has 0 amide bonds. The first-order chi connectivity index (χ1) is 4.50. The molecule has 0 spiro atoms. The Hall–Kier alpha value is -0.520. The van der Waals surface area contributed by atoms with Gasteiger partial charge in [0.05, 0.1) is 0 Å². The van der Waals surface area contributed by atoms with Gasteiger partial charge in [-0.3, -0.25) is 0 Å². The molecule has 0 aromatic rings. The molecule has 1 aliphatic rings. The molecule has 0 radical (unpaired) electrons. The lowest BCUT2D eigenvalue weighted by Gasteiger charge is -1.85. The van der Waals surface area contributed by atoms with E-state index in [1.165, 1.54) is 32.1 Å². The van der Waals surface area contributed by atoms with Crippen molar-refractivity contribution in [1.82, 2.24) is 0 Å². The van der Waals surface area contributed by atoms with E-state index < -0.39 is 0 Å². The summed E-state index contributed by atoms with van der Waals surface area (Å²) in [6.07, 6.45) is 15.5. The molecule has 0 bridgehead atoms. The van der Waals surface area contributed by atoms with Crippen LogP contribution in [0.1, 0.15) is 32.1 Å². The first-order valence-electron chi connectivity index (χ1n) is 3.80. The molecule has 0 unspecified atom stereocenters. The molecule has 1 rings (SSSR count). The van der Waals surface area contributed by atoms with Gasteiger partial charge in [-0.2, -0.15) is 0 Å². The SMILES string of the molecule is C1=C/CCC/C=C/CC/1. The maximum atomic E-state index is 2.30. The fourth-order valence-corrected chi connectivity index (χ4v) is 1.02. The predicted octanol–water partition coefficient (Wildman–Crippen LogP) is 3.06. The highest BCUT2D eigenvalue weighted by molar-refractivity contribution is 4.90. The van der Waals surface area contributed by atoms with Crippen LogP contribution in [-0.4, -0.2) is 0 Å². The topological polar surface area (TPSA) is 0 Å². The fourth-order valence-electron chi connectivity index (χ4n) is 1.02. The van der Waals surface area contributed by atoms with Gasteiger partial charge < -0.3 is 0 Å². The van der Waals surface area contributed by atoms with E-state index >= 15 is 0 Å². The van der Waals surface area contributed by atoms with Crippen molar-refractivity contribution in [2.24, 2.45) is 0 Å². The van der Waals surface area contributed by atoms with E-state index in [1.54, 1.807) is 0 Å². The van der Waals surface area contributed by atoms with Gasteiger partial charge in [-0.05, 0) is 32.1 Å². The van der Waals surface area contributed by atoms with Gasteiger partial charge in [0.25, 0.3) is 0 Å². The van der Waals surface area contributed by atoms with Gasteiger partial charge in [0.1, 0.15) is 0 Å². The van der Waals surface area contributed by atoms with Crippen LogP contribution in [0.25, 0.3) is 0 Å². The maximum Gasteiger partial charge on any atom is -0.0316 e. The lowest BCUT2D eigenvalue weighted by Crippen LogP contribution is -1.65. The normalized spacial score (nSPS) is 27.6. The van der Waals surface area contributed by atoms with Crippen molar-refractivity contribution < 1.29 is 0 Å². The van der Waals surface area contributed by atoms with Crippen molar-refractivity contribution >= 4 is 0 Å². The summed E-state index contributed by atoms with van der Waals surface area (Å²) in [7, 11) is 0. The van der Waals surface area contributed by atoms with Crippen LogP contribution < -0.4 is 0 Å². The molecule has 1 aliphatic carbocycles. The van der Waals surface area contributed by atoms with Crippen molar-refractivity contribution in [3.63, 3.8) is 0 Å². The van der Waals surface area contributed by atoms with E-state index in [0.29, 0.717) is 0 Å². The van der Waals surface area contributed by atoms with Crippen LogP contribution in [0.3, 0.4) is 0 Å². The molecule has 9 heavy (non-hydrogen) atoms. The first kappa shape index (κ1) is 6.60. The van der Waals surface area contributed by atoms with Crippen LogP contribution in [0.4, 0.5) is 0 Å². The standard InChI is InChI=1S/C9H14/c1-2-4-6-8-9-7-5-3-1/h1-2,7,9H,3-6,8H2/b2-1+,9-7+. The molecule has 50 valence electrons. The smallest absolute Gasteiger partial charge is 0.0316 e. The summed E-state index contributed by atoms with van der Waals surface area (Å²) < 4.78 is 0. The van der Waals surface area contributed by atoms with Crippen LogP contribution in [0.2, 0.25) is 0 Å². The second-order valence-electron chi connectivity index (χ2n) is 2.45. The molecular formula is C9H14. The number of hydrogen-bond acceptors (Lipinski definition) is 0. The minimum Gasteiger partial charge on any atom is -0.0885 e. The zero-order chi connectivity index (χ0) is 6.36. The van der Waals surface area contributed by atoms with Gasteiger partial charge in [-0.15, -0.1) is 0 Å². The van der Waals surface area contributed by atoms with E-state index in [2.05, 4.69) is 24.3 Å². The Morgan fingerprint density at radius 3 is 1.56 bits per heavy atom. The number of hydrogen-bond donors (Lipinski definition) is 0. The summed E-state index contributed by atoms with van der Waals surface area (Å²) in [4.78, 5) is 0. The zero-order valence-corrected chi connectivity index (χ0v) is 5.84. The lowest BCUT2D eigenvalue weighted by molar-refractivity contribution is 0.868. The Morgan fingerprint density at radius 1 is 0.556 bits per heavy atom. The van der Waals surface area contributed by atoms with Gasteiger partial charge in [0.2, 0.25) is 0 Å². The van der Waals surface area contributed by atoms with Crippen LogP contribution >= 0.6 is 0 Å². The molecule has 0 aromatic carbocycles. The van der Waals surface area contributed by atoms with Crippen molar-refractivity contribution in [2.75, 3.05) is 0 Å². The predicted molar refractivity (Wildman–Crippen MR) is 41.4 cm³/mol. The van der Waals surface area contributed by atoms with Gasteiger partial charge >= 0.3 is 0 Å². The van der Waals surface area contributed by atoms with Crippen LogP contribution in [0, 0.1) is 0 Å². The monoisotopic (exact) mass is 122 g/mol. The van der Waals surface area contributed by atoms with Crippen molar-refractivity contribution in [3.05, 3.63) is 24.3 Å². The maximum absolute atomic E-state index is 2.30. The molecule has 0 N–H and O–H groups in total. The average Bonchev–Trinajstić information content (AvgIpc) is 2.00. The van der Waals surface area contributed by atoms with Crippen molar-refractivity contribution in [3.8, 4) is 0 Å². The quantitative estimate of drug-likeness (QED) is 0.433. The summed E-state index contributed by atoms with van der Waals surface area (Å²) in [5.41, 5.74) is 0. The molecule has 0 aromatic heterocycles. The van der Waals surface area contributed by atoms with E-state index in [9.17, 15) is 0 Å². The summed E-state index contributed by atoms with van der Waals surface area (Å²) >= 11 is 0. The van der Waals surface area contributed by atoms with E-state index in [-0.39, 0.29) is 0 Å². The van der Waals surface area contributed by atoms with E-state index in [1.807, 2.05) is 0 Å². The molecule has 0 heteroatoms. The molecule has 0 nitrogen and oxygen atoms in total. The Bertz CT molecular complexity index is 95.2. The third-order valence-corrected chi connectivity index (χ3v) is 1.57. The molecule has 0 heterocycles. The van der Waals surface area contributed by atoms with Gasteiger partial charge in [0.15, 0.2) is 0 Å². The number of allylic oxidation sites excluding steroid dienone is 4. The van der Waals surface area contributed by atoms with Crippen molar-refractivity contribution in [2.45, 2.75) is 32.1 Å². The van der Waals surface area contributed by atoms with Crippen LogP contribution in [0.5, 0.6) is 0 Å². The lowest BCUT2D eigenvalue weighted by atomic mass is 10.2.